The van der Waals surface area contributed by atoms with Crippen molar-refractivity contribution in [3.8, 4) is 11.5 Å². The summed E-state index contributed by atoms with van der Waals surface area (Å²) in [5, 5.41) is 2.58. The van der Waals surface area contributed by atoms with Crippen LogP contribution in [0.2, 0.25) is 0 Å². The zero-order valence-corrected chi connectivity index (χ0v) is 24.8. The molecule has 0 saturated heterocycles. The molecule has 2 aliphatic heterocycles. The summed E-state index contributed by atoms with van der Waals surface area (Å²) < 4.78 is 12.9. The lowest BCUT2D eigenvalue weighted by Gasteiger charge is -2.43. The molecule has 4 nitrogen and oxygen atoms in total. The fourth-order valence-electron chi connectivity index (χ4n) is 7.96. The number of nitrogens with zero attached hydrogens (tertiary/aromatic N) is 2. The van der Waals surface area contributed by atoms with Crippen LogP contribution in [0.25, 0.3) is 10.8 Å². The average Bonchev–Trinajstić information content (AvgIpc) is 2.91. The van der Waals surface area contributed by atoms with Crippen molar-refractivity contribution in [3.05, 3.63) is 35.4 Å². The minimum absolute atomic E-state index is 0.423. The Kier molecular flexibility index (Phi) is 6.96. The van der Waals surface area contributed by atoms with Crippen LogP contribution >= 0.6 is 0 Å². The maximum absolute atomic E-state index is 6.55. The Labute approximate surface area is 231 Å². The van der Waals surface area contributed by atoms with Gasteiger partial charge in [0.25, 0.3) is 0 Å². The van der Waals surface area contributed by atoms with E-state index >= 15 is 0 Å². The average molecular weight is 519 g/mol. The van der Waals surface area contributed by atoms with Gasteiger partial charge in [0.1, 0.15) is 25.0 Å². The molecule has 38 heavy (non-hydrogen) atoms. The van der Waals surface area contributed by atoms with Crippen LogP contribution in [-0.2, 0) is 13.1 Å². The molecule has 0 radical (unpaired) electrons. The zero-order chi connectivity index (χ0) is 26.7. The molecule has 4 aliphatic rings. The summed E-state index contributed by atoms with van der Waals surface area (Å²) in [6, 6.07) is 10.4. The maximum atomic E-state index is 6.55. The van der Waals surface area contributed by atoms with Crippen LogP contribution in [0.4, 0.5) is 0 Å². The van der Waals surface area contributed by atoms with Crippen molar-refractivity contribution in [1.82, 2.24) is 9.80 Å². The lowest BCUT2D eigenvalue weighted by Crippen LogP contribution is -2.43. The third-order valence-electron chi connectivity index (χ3n) is 10.7. The van der Waals surface area contributed by atoms with Crippen LogP contribution in [0.15, 0.2) is 24.3 Å². The molecule has 0 atom stereocenters. The van der Waals surface area contributed by atoms with E-state index in [4.69, 9.17) is 9.47 Å². The predicted octanol–water partition coefficient (Wildman–Crippen LogP) is 8.35. The van der Waals surface area contributed by atoms with Crippen LogP contribution in [0.1, 0.15) is 104 Å². The van der Waals surface area contributed by atoms with Gasteiger partial charge in [-0.25, -0.2) is 0 Å². The highest BCUT2D eigenvalue weighted by Crippen LogP contribution is 2.44. The summed E-state index contributed by atoms with van der Waals surface area (Å²) >= 11 is 0. The van der Waals surface area contributed by atoms with Crippen molar-refractivity contribution in [2.45, 2.75) is 118 Å². The standard InChI is InChI=1S/C34H50N2O2/c1-33(2,3)24-8-12-26(13-9-24)35-19-23-7-16-28-29(32(23)38-22-35)17-18-31-30(28)20-36(21-37-31)27-14-10-25(11-15-27)34(4,5)6/h7,16-18,24-27H,8-15,19-22H2,1-6H3. The molecule has 0 unspecified atom stereocenters. The van der Waals surface area contributed by atoms with E-state index in [0.29, 0.717) is 29.6 Å². The predicted molar refractivity (Wildman–Crippen MR) is 156 cm³/mol. The number of fused-ring (bicyclic) bond motifs is 5. The van der Waals surface area contributed by atoms with E-state index < -0.39 is 0 Å². The van der Waals surface area contributed by atoms with Gasteiger partial charge in [-0.3, -0.25) is 9.80 Å². The molecule has 2 aromatic carbocycles. The molecule has 6 rings (SSSR count). The van der Waals surface area contributed by atoms with Crippen molar-refractivity contribution in [1.29, 1.82) is 0 Å². The van der Waals surface area contributed by atoms with Crippen LogP contribution < -0.4 is 9.47 Å². The van der Waals surface area contributed by atoms with Gasteiger partial charge in [0.15, 0.2) is 0 Å². The molecular formula is C34H50N2O2. The third kappa shape index (κ3) is 5.08. The van der Waals surface area contributed by atoms with Crippen LogP contribution in [0.3, 0.4) is 0 Å². The number of hydrogen-bond donors (Lipinski definition) is 0. The molecule has 4 heteroatoms. The van der Waals surface area contributed by atoms with Crippen molar-refractivity contribution in [2.24, 2.45) is 22.7 Å². The van der Waals surface area contributed by atoms with Gasteiger partial charge in [-0.2, -0.15) is 0 Å². The Balaban J connectivity index is 1.16. The Morgan fingerprint density at radius 3 is 1.71 bits per heavy atom. The number of rotatable bonds is 2. The van der Waals surface area contributed by atoms with E-state index in [1.54, 1.807) is 0 Å². The first-order chi connectivity index (χ1) is 18.1. The van der Waals surface area contributed by atoms with Gasteiger partial charge < -0.3 is 9.47 Å². The quantitative estimate of drug-likeness (QED) is 0.399. The largest absolute Gasteiger partial charge is 0.478 e. The first-order valence-electron chi connectivity index (χ1n) is 15.4. The number of ether oxygens (including phenoxy) is 2. The lowest BCUT2D eigenvalue weighted by molar-refractivity contribution is 0.0223. The molecule has 0 aromatic heterocycles. The second-order valence-electron chi connectivity index (χ2n) is 15.0. The number of benzene rings is 2. The number of hydrogen-bond acceptors (Lipinski definition) is 4. The minimum atomic E-state index is 0.423. The SMILES string of the molecule is CC(C)(C)C1CCC(N2COc3c(ccc4c5c(ccc34)OCN(C3CCC(C(C)(C)C)CC3)C5)C2)CC1. The van der Waals surface area contributed by atoms with E-state index in [-0.39, 0.29) is 0 Å². The Morgan fingerprint density at radius 1 is 0.605 bits per heavy atom. The summed E-state index contributed by atoms with van der Waals surface area (Å²) in [5.74, 6) is 3.86. The topological polar surface area (TPSA) is 24.9 Å². The summed E-state index contributed by atoms with van der Waals surface area (Å²) in [6.45, 7) is 17.9. The Hall–Kier alpha value is -1.78. The maximum Gasteiger partial charge on any atom is 0.142 e. The molecule has 0 N–H and O–H groups in total. The van der Waals surface area contributed by atoms with Gasteiger partial charge in [0, 0.05) is 41.7 Å². The third-order valence-corrected chi connectivity index (χ3v) is 10.7. The molecule has 2 fully saturated rings. The molecule has 2 aromatic rings. The highest BCUT2D eigenvalue weighted by molar-refractivity contribution is 5.94. The molecule has 0 amide bonds. The summed E-state index contributed by atoms with van der Waals surface area (Å²) in [6.07, 6.45) is 10.5. The molecule has 2 saturated carbocycles. The first kappa shape index (κ1) is 26.4. The molecule has 208 valence electrons. The normalized spacial score (nSPS) is 29.3. The van der Waals surface area contributed by atoms with Crippen LogP contribution in [0.5, 0.6) is 11.5 Å². The second-order valence-corrected chi connectivity index (χ2v) is 15.0. The van der Waals surface area contributed by atoms with E-state index in [2.05, 4.69) is 75.6 Å². The fraction of sp³-hybridized carbons (Fsp3) is 0.706. The summed E-state index contributed by atoms with van der Waals surface area (Å²) in [5.41, 5.74) is 3.54. The lowest BCUT2D eigenvalue weighted by atomic mass is 9.71. The highest BCUT2D eigenvalue weighted by atomic mass is 16.5. The fourth-order valence-corrected chi connectivity index (χ4v) is 7.96. The van der Waals surface area contributed by atoms with Gasteiger partial charge in [0.05, 0.1) is 0 Å². The summed E-state index contributed by atoms with van der Waals surface area (Å²) in [4.78, 5) is 5.18. The molecular weight excluding hydrogens is 468 g/mol. The highest BCUT2D eigenvalue weighted by Gasteiger charge is 2.36. The van der Waals surface area contributed by atoms with Crippen molar-refractivity contribution < 1.29 is 9.47 Å². The van der Waals surface area contributed by atoms with Gasteiger partial charge in [-0.05, 0) is 91.6 Å². The monoisotopic (exact) mass is 518 g/mol. The summed E-state index contributed by atoms with van der Waals surface area (Å²) in [7, 11) is 0. The second kappa shape index (κ2) is 10.0. The van der Waals surface area contributed by atoms with Gasteiger partial charge in [0.2, 0.25) is 0 Å². The zero-order valence-electron chi connectivity index (χ0n) is 24.8. The Morgan fingerprint density at radius 2 is 1.13 bits per heavy atom. The molecule has 2 aliphatic carbocycles. The van der Waals surface area contributed by atoms with E-state index in [9.17, 15) is 0 Å². The van der Waals surface area contributed by atoms with Crippen molar-refractivity contribution in [3.63, 3.8) is 0 Å². The molecule has 0 spiro atoms. The van der Waals surface area contributed by atoms with Crippen molar-refractivity contribution >= 4 is 10.8 Å². The van der Waals surface area contributed by atoms with E-state index in [0.717, 1.165) is 43.2 Å². The first-order valence-corrected chi connectivity index (χ1v) is 15.4. The molecule has 0 bridgehead atoms. The van der Waals surface area contributed by atoms with Crippen LogP contribution in [0, 0.1) is 22.7 Å². The smallest absolute Gasteiger partial charge is 0.142 e. The Bertz CT molecular complexity index is 1140. The van der Waals surface area contributed by atoms with Crippen LogP contribution in [-0.4, -0.2) is 35.3 Å². The van der Waals surface area contributed by atoms with Gasteiger partial charge in [-0.1, -0.05) is 53.7 Å². The van der Waals surface area contributed by atoms with Gasteiger partial charge in [-0.15, -0.1) is 0 Å². The van der Waals surface area contributed by atoms with E-state index in [1.165, 1.54) is 73.3 Å². The molecule has 2 heterocycles. The minimum Gasteiger partial charge on any atom is -0.478 e. The van der Waals surface area contributed by atoms with Crippen molar-refractivity contribution in [2.75, 3.05) is 13.5 Å². The van der Waals surface area contributed by atoms with E-state index in [1.807, 2.05) is 0 Å². The van der Waals surface area contributed by atoms with Gasteiger partial charge >= 0.3 is 0 Å².